The Kier molecular flexibility index (Phi) is 7.46. The van der Waals surface area contributed by atoms with Crippen molar-refractivity contribution >= 4 is 23.3 Å². The maximum atomic E-state index is 14.2. The van der Waals surface area contributed by atoms with Gasteiger partial charge in [-0.05, 0) is 61.5 Å². The number of rotatable bonds is 6. The number of carbonyl (C=O) groups is 4. The molecule has 42 heavy (non-hydrogen) atoms. The molecule has 0 radical (unpaired) electrons. The van der Waals surface area contributed by atoms with Crippen molar-refractivity contribution in [2.75, 3.05) is 20.6 Å². The number of amides is 1. The predicted octanol–water partition coefficient (Wildman–Crippen LogP) is 1.05. The fourth-order valence-corrected chi connectivity index (χ4v) is 7.33. The van der Waals surface area contributed by atoms with E-state index in [1.54, 1.807) is 31.3 Å². The van der Waals surface area contributed by atoms with Gasteiger partial charge in [-0.3, -0.25) is 19.2 Å². The molecule has 3 aliphatic carbocycles. The maximum absolute atomic E-state index is 14.2. The van der Waals surface area contributed by atoms with E-state index in [0.717, 1.165) is 0 Å². The number of hydrogen-bond acceptors (Lipinski definition) is 10. The van der Waals surface area contributed by atoms with Gasteiger partial charge < -0.3 is 35.7 Å². The van der Waals surface area contributed by atoms with E-state index in [1.165, 1.54) is 6.26 Å². The highest BCUT2D eigenvalue weighted by molar-refractivity contribution is 6.25. The first kappa shape index (κ1) is 30.1. The number of phenolic OH excluding ortho intramolecular Hbond substituents is 1. The van der Waals surface area contributed by atoms with Crippen LogP contribution in [0.2, 0.25) is 0 Å². The number of Topliss-reactive ketones (excluding diaryl/α,β-unsaturated/α-hetero) is 3. The molecule has 0 aliphatic heterocycles. The average Bonchev–Trinajstić information content (AvgIpc) is 3.41. The van der Waals surface area contributed by atoms with Crippen LogP contribution < -0.4 is 11.1 Å². The molecule has 7 atom stereocenters. The molecule has 0 bridgehead atoms. The van der Waals surface area contributed by atoms with E-state index < -0.39 is 64.7 Å². The summed E-state index contributed by atoms with van der Waals surface area (Å²) in [5.74, 6) is -9.24. The highest BCUT2D eigenvalue weighted by Crippen LogP contribution is 2.52. The highest BCUT2D eigenvalue weighted by atomic mass is 16.3. The largest absolute Gasteiger partial charge is 0.507 e. The Morgan fingerprint density at radius 3 is 2.48 bits per heavy atom. The Hall–Kier alpha value is -3.38. The topological polar surface area (TPSA) is 183 Å². The molecule has 11 heteroatoms. The number of aromatic hydroxyl groups is 1. The third-order valence-electron chi connectivity index (χ3n) is 9.17. The van der Waals surface area contributed by atoms with Crippen molar-refractivity contribution in [3.63, 3.8) is 0 Å². The van der Waals surface area contributed by atoms with E-state index in [2.05, 4.69) is 26.1 Å². The molecule has 1 aromatic heterocycles. The second kappa shape index (κ2) is 10.4. The number of nitrogens with zero attached hydrogens (tertiary/aromatic N) is 1. The molecule has 3 unspecified atom stereocenters. The number of primary amides is 1. The molecule has 0 saturated heterocycles. The molecule has 2 saturated carbocycles. The monoisotopic (exact) mass is 581 g/mol. The standard InChI is InChI=1S/C31H39N3O8/c1-30(2,3)13-33-11-16-9-17(14-6-7-42-12-14)18-8-15-10-19-23(34(4)5)26(37)22(29(32)40)28(39)31(19,41)27(38)20(15)25(36)21(18)24(16)35/h6-7,9,12,15,19-20,22-23,26,33,35,37,41H,8,10-11,13H2,1-5H3,(H2,32,40)/t15-,19-,20?,22?,23-,26?,31-/m1/s1. The number of benzene rings is 1. The van der Waals surface area contributed by atoms with E-state index >= 15 is 0 Å². The van der Waals surface area contributed by atoms with Crippen molar-refractivity contribution < 1.29 is 38.9 Å². The molecular weight excluding hydrogens is 542 g/mol. The van der Waals surface area contributed by atoms with Crippen molar-refractivity contribution in [2.45, 2.75) is 57.9 Å². The van der Waals surface area contributed by atoms with Gasteiger partial charge in [-0.25, -0.2) is 0 Å². The third kappa shape index (κ3) is 4.59. The van der Waals surface area contributed by atoms with Gasteiger partial charge in [-0.15, -0.1) is 0 Å². The summed E-state index contributed by atoms with van der Waals surface area (Å²) in [5, 5.41) is 37.6. The molecule has 5 rings (SSSR count). The minimum Gasteiger partial charge on any atom is -0.507 e. The summed E-state index contributed by atoms with van der Waals surface area (Å²) in [6.07, 6.45) is 1.77. The molecule has 226 valence electrons. The van der Waals surface area contributed by atoms with Crippen LogP contribution in [0.3, 0.4) is 0 Å². The molecule has 1 amide bonds. The number of carbonyl (C=O) groups excluding carboxylic acids is 4. The molecular formula is C31H39N3O8. The lowest BCUT2D eigenvalue weighted by atomic mass is 9.52. The number of hydrogen-bond donors (Lipinski definition) is 5. The van der Waals surface area contributed by atoms with Crippen LogP contribution in [0.15, 0.2) is 29.1 Å². The number of fused-ring (bicyclic) bond motifs is 3. The van der Waals surface area contributed by atoms with Crippen LogP contribution in [-0.2, 0) is 27.3 Å². The zero-order valence-electron chi connectivity index (χ0n) is 24.5. The Morgan fingerprint density at radius 1 is 1.21 bits per heavy atom. The fourth-order valence-electron chi connectivity index (χ4n) is 7.33. The van der Waals surface area contributed by atoms with Crippen molar-refractivity contribution in [3.05, 3.63) is 41.3 Å². The van der Waals surface area contributed by atoms with Gasteiger partial charge in [0, 0.05) is 36.2 Å². The van der Waals surface area contributed by atoms with E-state index in [9.17, 15) is 34.5 Å². The van der Waals surface area contributed by atoms with Crippen molar-refractivity contribution in [3.8, 4) is 16.9 Å². The van der Waals surface area contributed by atoms with Gasteiger partial charge in [0.25, 0.3) is 0 Å². The molecule has 2 aromatic rings. The zero-order valence-corrected chi connectivity index (χ0v) is 24.5. The van der Waals surface area contributed by atoms with Crippen LogP contribution in [0, 0.1) is 29.1 Å². The van der Waals surface area contributed by atoms with Gasteiger partial charge in [-0.2, -0.15) is 0 Å². The smallest absolute Gasteiger partial charge is 0.230 e. The first-order valence-corrected chi connectivity index (χ1v) is 14.2. The minimum absolute atomic E-state index is 0.0168. The van der Waals surface area contributed by atoms with Crippen LogP contribution in [-0.4, -0.2) is 81.9 Å². The quantitative estimate of drug-likeness (QED) is 0.309. The van der Waals surface area contributed by atoms with E-state index in [0.29, 0.717) is 28.8 Å². The highest BCUT2D eigenvalue weighted by Gasteiger charge is 2.69. The molecule has 1 aromatic carbocycles. The lowest BCUT2D eigenvalue weighted by Crippen LogP contribution is -2.75. The number of aliphatic hydroxyl groups is 2. The maximum Gasteiger partial charge on any atom is 0.230 e. The molecule has 6 N–H and O–H groups in total. The molecule has 11 nitrogen and oxygen atoms in total. The zero-order chi connectivity index (χ0) is 30.9. The van der Waals surface area contributed by atoms with Gasteiger partial charge >= 0.3 is 0 Å². The second-order valence-electron chi connectivity index (χ2n) is 13.4. The number of furan rings is 1. The Morgan fingerprint density at radius 2 is 1.90 bits per heavy atom. The lowest BCUT2D eigenvalue weighted by Gasteiger charge is -2.54. The minimum atomic E-state index is -2.70. The summed E-state index contributed by atoms with van der Waals surface area (Å²) in [5.41, 5.74) is 5.10. The lowest BCUT2D eigenvalue weighted by molar-refractivity contribution is -0.190. The van der Waals surface area contributed by atoms with Crippen molar-refractivity contribution in [2.24, 2.45) is 34.8 Å². The Balaban J connectivity index is 1.63. The predicted molar refractivity (Wildman–Crippen MR) is 151 cm³/mol. The number of phenols is 1. The number of likely N-dealkylation sites (N-methyl/N-ethyl adjacent to an activating group) is 1. The molecule has 3 aliphatic rings. The van der Waals surface area contributed by atoms with Gasteiger partial charge in [0.1, 0.15) is 11.7 Å². The van der Waals surface area contributed by atoms with Crippen LogP contribution in [0.4, 0.5) is 0 Å². The van der Waals surface area contributed by atoms with E-state index in [-0.39, 0.29) is 36.1 Å². The normalized spacial score (nSPS) is 31.1. The second-order valence-corrected chi connectivity index (χ2v) is 13.4. The number of nitrogens with two attached hydrogens (primary N) is 1. The van der Waals surface area contributed by atoms with Crippen LogP contribution >= 0.6 is 0 Å². The molecule has 0 spiro atoms. The molecule has 2 fully saturated rings. The van der Waals surface area contributed by atoms with Crippen molar-refractivity contribution in [1.82, 2.24) is 10.2 Å². The SMILES string of the molecule is CN(C)[C@H]1C(O)C(C(N)=O)C(=O)[C@]2(O)C(=O)C3C(=O)c4c(O)c(CNCC(C)(C)C)cc(-c5ccoc5)c4C[C@@H]3C[C@H]12. The Bertz CT molecular complexity index is 1440. The first-order chi connectivity index (χ1) is 19.6. The summed E-state index contributed by atoms with van der Waals surface area (Å²) < 4.78 is 5.32. The average molecular weight is 582 g/mol. The van der Waals surface area contributed by atoms with Crippen LogP contribution in [0.1, 0.15) is 48.7 Å². The van der Waals surface area contributed by atoms with Gasteiger partial charge in [0.15, 0.2) is 23.0 Å². The number of ketones is 3. The van der Waals surface area contributed by atoms with Crippen LogP contribution in [0.5, 0.6) is 5.75 Å². The first-order valence-electron chi connectivity index (χ1n) is 14.2. The van der Waals surface area contributed by atoms with E-state index in [4.69, 9.17) is 10.2 Å². The van der Waals surface area contributed by atoms with Gasteiger partial charge in [0.2, 0.25) is 5.91 Å². The molecule has 1 heterocycles. The summed E-state index contributed by atoms with van der Waals surface area (Å²) in [6.45, 7) is 7.08. The number of nitrogens with one attached hydrogen (secondary N) is 1. The van der Waals surface area contributed by atoms with Crippen LogP contribution in [0.25, 0.3) is 11.1 Å². The summed E-state index contributed by atoms with van der Waals surface area (Å²) in [6, 6.07) is 2.62. The number of aliphatic hydroxyl groups excluding tert-OH is 1. The third-order valence-corrected chi connectivity index (χ3v) is 9.17. The summed E-state index contributed by atoms with van der Waals surface area (Å²) in [7, 11) is 3.23. The van der Waals surface area contributed by atoms with Crippen molar-refractivity contribution in [1.29, 1.82) is 0 Å². The van der Waals surface area contributed by atoms with E-state index in [1.807, 2.05) is 6.07 Å². The Labute approximate surface area is 244 Å². The fraction of sp³-hybridized carbons (Fsp3) is 0.548. The van der Waals surface area contributed by atoms with Gasteiger partial charge in [-0.1, -0.05) is 20.8 Å². The van der Waals surface area contributed by atoms with Gasteiger partial charge in [0.05, 0.1) is 30.1 Å². The summed E-state index contributed by atoms with van der Waals surface area (Å²) >= 11 is 0. The summed E-state index contributed by atoms with van der Waals surface area (Å²) in [4.78, 5) is 55.7.